The lowest BCUT2D eigenvalue weighted by Crippen LogP contribution is -2.48. The Morgan fingerprint density at radius 1 is 1.28 bits per heavy atom. The monoisotopic (exact) mass is 437 g/mol. The van der Waals surface area contributed by atoms with Gasteiger partial charge in [0.25, 0.3) is 0 Å². The Hall–Kier alpha value is -2.31. The standard InChI is InChI=1S/C20H23NO6S2/c1-4-10-26-16-8-6-7-9-17(16)27-11-19-21(18(23)13-28-14(3)22)15(12-29-19)20(24)25-5-2/h1,6-9,15,19H,5,10-13H2,2-3H3. The van der Waals surface area contributed by atoms with Crippen molar-refractivity contribution in [3.63, 3.8) is 0 Å². The van der Waals surface area contributed by atoms with Gasteiger partial charge in [0.05, 0.1) is 12.4 Å². The van der Waals surface area contributed by atoms with E-state index in [1.54, 1.807) is 31.2 Å². The molecule has 1 heterocycles. The SMILES string of the molecule is C#CCOc1ccccc1OCC1SCC(C(=O)OCC)N1C(=O)CSC(C)=O. The minimum absolute atomic E-state index is 0.0375. The summed E-state index contributed by atoms with van der Waals surface area (Å²) in [4.78, 5) is 37.7. The second-order valence-corrected chi connectivity index (χ2v) is 8.25. The fourth-order valence-electron chi connectivity index (χ4n) is 2.65. The summed E-state index contributed by atoms with van der Waals surface area (Å²) in [7, 11) is 0. The van der Waals surface area contributed by atoms with Crippen LogP contribution in [-0.2, 0) is 19.1 Å². The molecule has 0 aromatic heterocycles. The van der Waals surface area contributed by atoms with Crippen molar-refractivity contribution in [3.8, 4) is 23.8 Å². The van der Waals surface area contributed by atoms with Gasteiger partial charge in [-0.3, -0.25) is 9.59 Å². The van der Waals surface area contributed by atoms with Gasteiger partial charge in [-0.1, -0.05) is 29.8 Å². The first-order valence-electron chi connectivity index (χ1n) is 8.98. The first-order chi connectivity index (χ1) is 14.0. The molecule has 1 aromatic rings. The molecule has 0 radical (unpaired) electrons. The predicted molar refractivity (Wildman–Crippen MR) is 113 cm³/mol. The first-order valence-corrected chi connectivity index (χ1v) is 11.0. The highest BCUT2D eigenvalue weighted by Gasteiger charge is 2.42. The molecule has 7 nitrogen and oxygen atoms in total. The van der Waals surface area contributed by atoms with E-state index in [1.807, 2.05) is 0 Å². The molecule has 1 aliphatic rings. The summed E-state index contributed by atoms with van der Waals surface area (Å²) in [6, 6.07) is 6.37. The maximum Gasteiger partial charge on any atom is 0.329 e. The zero-order chi connectivity index (χ0) is 21.2. The molecule has 29 heavy (non-hydrogen) atoms. The van der Waals surface area contributed by atoms with Crippen LogP contribution in [0.1, 0.15) is 13.8 Å². The van der Waals surface area contributed by atoms with Crippen LogP contribution in [0.5, 0.6) is 11.5 Å². The zero-order valence-corrected chi connectivity index (χ0v) is 17.9. The summed E-state index contributed by atoms with van der Waals surface area (Å²) in [5, 5.41) is -0.560. The summed E-state index contributed by atoms with van der Waals surface area (Å²) >= 11 is 2.34. The third kappa shape index (κ3) is 6.61. The molecule has 9 heteroatoms. The Bertz CT molecular complexity index is 778. The molecule has 0 N–H and O–H groups in total. The van der Waals surface area contributed by atoms with Gasteiger partial charge >= 0.3 is 5.97 Å². The summed E-state index contributed by atoms with van der Waals surface area (Å²) in [5.41, 5.74) is 0. The Labute approximate surface area is 178 Å². The van der Waals surface area contributed by atoms with Crippen molar-refractivity contribution >= 4 is 40.5 Å². The number of ether oxygens (including phenoxy) is 3. The predicted octanol–water partition coefficient (Wildman–Crippen LogP) is 2.19. The van der Waals surface area contributed by atoms with Crippen LogP contribution < -0.4 is 9.47 Å². The van der Waals surface area contributed by atoms with Crippen LogP contribution in [0.15, 0.2) is 24.3 Å². The van der Waals surface area contributed by atoms with Gasteiger partial charge in [-0.05, 0) is 19.1 Å². The Balaban J connectivity index is 2.11. The second kappa shape index (κ2) is 11.6. The number of rotatable bonds is 9. The van der Waals surface area contributed by atoms with Gasteiger partial charge in [-0.15, -0.1) is 18.2 Å². The van der Waals surface area contributed by atoms with Gasteiger partial charge in [0.15, 0.2) is 16.6 Å². The second-order valence-electron chi connectivity index (χ2n) is 5.89. The molecule has 156 valence electrons. The number of esters is 1. The van der Waals surface area contributed by atoms with Crippen molar-refractivity contribution in [3.05, 3.63) is 24.3 Å². The Kier molecular flexibility index (Phi) is 9.22. The van der Waals surface area contributed by atoms with Crippen LogP contribution in [0, 0.1) is 12.3 Å². The van der Waals surface area contributed by atoms with E-state index >= 15 is 0 Å². The molecule has 1 fully saturated rings. The normalized spacial score (nSPS) is 18.0. The molecule has 1 aromatic carbocycles. The van der Waals surface area contributed by atoms with E-state index in [0.717, 1.165) is 11.8 Å². The first kappa shape index (κ1) is 23.0. The van der Waals surface area contributed by atoms with Gasteiger partial charge in [-0.2, -0.15) is 0 Å². The highest BCUT2D eigenvalue weighted by Crippen LogP contribution is 2.33. The lowest BCUT2D eigenvalue weighted by atomic mass is 10.2. The van der Waals surface area contributed by atoms with Crippen LogP contribution in [-0.4, -0.2) is 64.6 Å². The van der Waals surface area contributed by atoms with E-state index < -0.39 is 17.4 Å². The third-order valence-corrected chi connectivity index (χ3v) is 5.93. The van der Waals surface area contributed by atoms with Crippen LogP contribution in [0.2, 0.25) is 0 Å². The van der Waals surface area contributed by atoms with Gasteiger partial charge in [0.2, 0.25) is 5.91 Å². The van der Waals surface area contributed by atoms with Gasteiger partial charge < -0.3 is 19.1 Å². The van der Waals surface area contributed by atoms with Gasteiger partial charge in [-0.25, -0.2) is 4.79 Å². The molecule has 0 bridgehead atoms. The van der Waals surface area contributed by atoms with Gasteiger partial charge in [0, 0.05) is 12.7 Å². The molecule has 1 amide bonds. The number of terminal acetylenes is 1. The Morgan fingerprint density at radius 3 is 2.59 bits per heavy atom. The molecule has 1 saturated heterocycles. The van der Waals surface area contributed by atoms with Crippen molar-refractivity contribution in [2.45, 2.75) is 25.3 Å². The smallest absolute Gasteiger partial charge is 0.329 e. The minimum atomic E-state index is -0.707. The number of thioether (sulfide) groups is 2. The van der Waals surface area contributed by atoms with Crippen LogP contribution in [0.25, 0.3) is 0 Å². The van der Waals surface area contributed by atoms with Crippen molar-refractivity contribution in [2.24, 2.45) is 0 Å². The number of carbonyl (C=O) groups excluding carboxylic acids is 3. The number of para-hydroxylation sites is 2. The molecular formula is C20H23NO6S2. The van der Waals surface area contributed by atoms with Crippen molar-refractivity contribution in [1.82, 2.24) is 4.90 Å². The van der Waals surface area contributed by atoms with Crippen LogP contribution in [0.4, 0.5) is 0 Å². The number of hydrogen-bond acceptors (Lipinski definition) is 8. The molecule has 2 rings (SSSR count). The highest BCUT2D eigenvalue weighted by molar-refractivity contribution is 8.14. The average Bonchev–Trinajstić information content (AvgIpc) is 3.13. The van der Waals surface area contributed by atoms with E-state index in [0.29, 0.717) is 17.3 Å². The maximum absolute atomic E-state index is 12.7. The lowest BCUT2D eigenvalue weighted by Gasteiger charge is -2.28. The van der Waals surface area contributed by atoms with Gasteiger partial charge in [0.1, 0.15) is 24.6 Å². The zero-order valence-electron chi connectivity index (χ0n) is 16.3. The summed E-state index contributed by atoms with van der Waals surface area (Å²) in [6.45, 7) is 3.59. The quantitative estimate of drug-likeness (QED) is 0.430. The average molecular weight is 438 g/mol. The molecule has 0 spiro atoms. The van der Waals surface area contributed by atoms with Crippen molar-refractivity contribution in [1.29, 1.82) is 0 Å². The van der Waals surface area contributed by atoms with E-state index in [2.05, 4.69) is 5.92 Å². The molecule has 0 saturated carbocycles. The molecular weight excluding hydrogens is 414 g/mol. The van der Waals surface area contributed by atoms with Crippen molar-refractivity contribution < 1.29 is 28.6 Å². The van der Waals surface area contributed by atoms with Crippen molar-refractivity contribution in [2.75, 3.05) is 31.3 Å². The van der Waals surface area contributed by atoms with E-state index in [-0.39, 0.29) is 36.6 Å². The molecule has 2 atom stereocenters. The number of nitrogens with zero attached hydrogens (tertiary/aromatic N) is 1. The third-order valence-electron chi connectivity index (χ3n) is 3.88. The van der Waals surface area contributed by atoms with Crippen LogP contribution in [0.3, 0.4) is 0 Å². The fraction of sp³-hybridized carbons (Fsp3) is 0.450. The summed E-state index contributed by atoms with van der Waals surface area (Å²) in [6.07, 6.45) is 5.24. The summed E-state index contributed by atoms with van der Waals surface area (Å²) in [5.74, 6) is 2.99. The number of amides is 1. The largest absolute Gasteiger partial charge is 0.487 e. The maximum atomic E-state index is 12.7. The van der Waals surface area contributed by atoms with Crippen LogP contribution >= 0.6 is 23.5 Å². The number of carbonyl (C=O) groups is 3. The topological polar surface area (TPSA) is 82.1 Å². The van der Waals surface area contributed by atoms with E-state index in [4.69, 9.17) is 20.6 Å². The molecule has 1 aliphatic heterocycles. The number of benzene rings is 1. The highest BCUT2D eigenvalue weighted by atomic mass is 32.2. The fourth-order valence-corrected chi connectivity index (χ4v) is 4.42. The molecule has 0 aliphatic carbocycles. The summed E-state index contributed by atoms with van der Waals surface area (Å²) < 4.78 is 16.5. The minimum Gasteiger partial charge on any atom is -0.487 e. The lowest BCUT2D eigenvalue weighted by molar-refractivity contribution is -0.153. The molecule has 2 unspecified atom stereocenters. The van der Waals surface area contributed by atoms with E-state index in [1.165, 1.54) is 23.6 Å². The number of hydrogen-bond donors (Lipinski definition) is 0. The Morgan fingerprint density at radius 2 is 1.97 bits per heavy atom. The van der Waals surface area contributed by atoms with E-state index in [9.17, 15) is 14.4 Å².